The van der Waals surface area contributed by atoms with E-state index in [0.29, 0.717) is 32.1 Å². The quantitative estimate of drug-likeness (QED) is 0.446. The van der Waals surface area contributed by atoms with E-state index in [1.54, 1.807) is 6.33 Å². The summed E-state index contributed by atoms with van der Waals surface area (Å²) in [7, 11) is 0. The van der Waals surface area contributed by atoms with Crippen LogP contribution in [0.2, 0.25) is 0 Å². The number of carbonyl (C=O) groups is 1. The van der Waals surface area contributed by atoms with Gasteiger partial charge in [-0.15, -0.1) is 0 Å². The van der Waals surface area contributed by atoms with Crippen LogP contribution in [0.15, 0.2) is 60.9 Å². The van der Waals surface area contributed by atoms with Crippen molar-refractivity contribution in [3.8, 4) is 22.9 Å². The molecule has 0 bridgehead atoms. The Labute approximate surface area is 207 Å². The second kappa shape index (κ2) is 8.86. The van der Waals surface area contributed by atoms with Gasteiger partial charge in [-0.3, -0.25) is 0 Å². The van der Waals surface area contributed by atoms with Crippen LogP contribution >= 0.6 is 0 Å². The van der Waals surface area contributed by atoms with Crippen molar-refractivity contribution < 1.29 is 14.6 Å². The minimum Gasteiger partial charge on any atom is -0.488 e. The zero-order valence-electron chi connectivity index (χ0n) is 19.5. The Bertz CT molecular complexity index is 1570. The largest absolute Gasteiger partial charge is 0.488 e. The van der Waals surface area contributed by atoms with Crippen LogP contribution < -0.4 is 9.64 Å². The van der Waals surface area contributed by atoms with Crippen molar-refractivity contribution in [2.24, 2.45) is 0 Å². The molecule has 178 valence electrons. The first-order valence-corrected chi connectivity index (χ1v) is 11.9. The van der Waals surface area contributed by atoms with Gasteiger partial charge < -0.3 is 19.6 Å². The summed E-state index contributed by atoms with van der Waals surface area (Å²) in [5.74, 6) is 1.43. The summed E-state index contributed by atoms with van der Waals surface area (Å²) in [5.41, 5.74) is 3.87. The number of ether oxygens (including phenoxy) is 1. The van der Waals surface area contributed by atoms with Crippen LogP contribution in [0.1, 0.15) is 12.0 Å². The molecule has 0 aliphatic carbocycles. The van der Waals surface area contributed by atoms with Gasteiger partial charge in [-0.05, 0) is 34.0 Å². The average molecular weight is 478 g/mol. The number of benzene rings is 3. The number of hydrogen-bond acceptors (Lipinski definition) is 6. The fourth-order valence-corrected chi connectivity index (χ4v) is 5.30. The smallest absolute Gasteiger partial charge is 0.407 e. The molecule has 0 radical (unpaired) electrons. The highest BCUT2D eigenvalue weighted by Gasteiger charge is 2.32. The van der Waals surface area contributed by atoms with E-state index in [0.717, 1.165) is 44.1 Å². The maximum absolute atomic E-state index is 11.7. The lowest BCUT2D eigenvalue weighted by Crippen LogP contribution is -2.55. The SMILES string of the molecule is N#CC[C@H]1CN(c2ncnc3cc(-c4cccc5ccccc45)c4c(c23)OCC=C4)CCN1C(=O)O. The van der Waals surface area contributed by atoms with Crippen molar-refractivity contribution in [1.29, 1.82) is 5.26 Å². The summed E-state index contributed by atoms with van der Waals surface area (Å²) in [6.45, 7) is 1.58. The van der Waals surface area contributed by atoms with Crippen molar-refractivity contribution in [2.75, 3.05) is 31.1 Å². The van der Waals surface area contributed by atoms with E-state index in [9.17, 15) is 15.2 Å². The first kappa shape index (κ1) is 21.9. The third-order valence-corrected chi connectivity index (χ3v) is 6.94. The molecule has 2 aliphatic heterocycles. The molecule has 1 atom stereocenters. The van der Waals surface area contributed by atoms with Gasteiger partial charge in [0.05, 0.1) is 29.4 Å². The number of aromatic nitrogens is 2. The van der Waals surface area contributed by atoms with Crippen molar-refractivity contribution in [2.45, 2.75) is 12.5 Å². The van der Waals surface area contributed by atoms with Crippen LogP contribution in [-0.2, 0) is 0 Å². The molecular formula is C28H23N5O3. The molecular weight excluding hydrogens is 454 g/mol. The third kappa shape index (κ3) is 3.57. The summed E-state index contributed by atoms with van der Waals surface area (Å²) in [4.78, 5) is 24.3. The summed E-state index contributed by atoms with van der Waals surface area (Å²) in [6, 6.07) is 18.4. The van der Waals surface area contributed by atoms with E-state index in [4.69, 9.17) is 4.74 Å². The van der Waals surface area contributed by atoms with Crippen molar-refractivity contribution in [3.63, 3.8) is 0 Å². The monoisotopic (exact) mass is 477 g/mol. The Balaban J connectivity index is 1.52. The van der Waals surface area contributed by atoms with Crippen LogP contribution in [0.5, 0.6) is 5.75 Å². The minimum absolute atomic E-state index is 0.119. The van der Waals surface area contributed by atoms with E-state index < -0.39 is 12.1 Å². The molecule has 3 aromatic carbocycles. The molecule has 8 nitrogen and oxygen atoms in total. The second-order valence-electron chi connectivity index (χ2n) is 8.94. The van der Waals surface area contributed by atoms with Gasteiger partial charge in [-0.2, -0.15) is 5.26 Å². The van der Waals surface area contributed by atoms with Gasteiger partial charge in [0.15, 0.2) is 0 Å². The Morgan fingerprint density at radius 2 is 2.00 bits per heavy atom. The first-order chi connectivity index (χ1) is 17.7. The number of fused-ring (bicyclic) bond motifs is 4. The first-order valence-electron chi connectivity index (χ1n) is 11.9. The van der Waals surface area contributed by atoms with E-state index in [-0.39, 0.29) is 6.42 Å². The van der Waals surface area contributed by atoms with E-state index in [1.807, 2.05) is 23.1 Å². The predicted molar refractivity (Wildman–Crippen MR) is 138 cm³/mol. The highest BCUT2D eigenvalue weighted by atomic mass is 16.5. The highest BCUT2D eigenvalue weighted by Crippen LogP contribution is 2.44. The Morgan fingerprint density at radius 3 is 2.86 bits per heavy atom. The topological polar surface area (TPSA) is 103 Å². The molecule has 2 aliphatic rings. The number of piperazine rings is 1. The second-order valence-corrected chi connectivity index (χ2v) is 8.94. The summed E-state index contributed by atoms with van der Waals surface area (Å²) < 4.78 is 6.23. The maximum Gasteiger partial charge on any atom is 0.407 e. The molecule has 3 heterocycles. The van der Waals surface area contributed by atoms with Gasteiger partial charge in [0.25, 0.3) is 0 Å². The van der Waals surface area contributed by atoms with Crippen molar-refractivity contribution in [3.05, 3.63) is 66.5 Å². The lowest BCUT2D eigenvalue weighted by Gasteiger charge is -2.40. The summed E-state index contributed by atoms with van der Waals surface area (Å²) >= 11 is 0. The molecule has 0 saturated carbocycles. The number of nitriles is 1. The lowest BCUT2D eigenvalue weighted by atomic mass is 9.91. The maximum atomic E-state index is 11.7. The number of rotatable bonds is 3. The van der Waals surface area contributed by atoms with Crippen LogP contribution in [0, 0.1) is 11.3 Å². The number of nitrogens with zero attached hydrogens (tertiary/aromatic N) is 5. The molecule has 0 unspecified atom stereocenters. The van der Waals surface area contributed by atoms with Crippen molar-refractivity contribution in [1.82, 2.24) is 14.9 Å². The molecule has 6 rings (SSSR count). The summed E-state index contributed by atoms with van der Waals surface area (Å²) in [5, 5.41) is 22.0. The van der Waals surface area contributed by atoms with Crippen LogP contribution in [-0.4, -0.2) is 58.4 Å². The third-order valence-electron chi connectivity index (χ3n) is 6.94. The fourth-order valence-electron chi connectivity index (χ4n) is 5.30. The van der Waals surface area contributed by atoms with Gasteiger partial charge in [0, 0.05) is 25.2 Å². The Kier molecular flexibility index (Phi) is 5.38. The molecule has 36 heavy (non-hydrogen) atoms. The molecule has 8 heteroatoms. The standard InChI is InChI=1S/C28H23N5O3/c29-11-10-19-16-32(12-13-33(19)28(34)35)27-25-24(30-17-31-27)15-23(22-9-4-14-36-26(22)25)21-8-3-6-18-5-1-2-7-20(18)21/h1-9,15,17,19H,10,12-14,16H2,(H,34,35)/t19-/m0/s1. The number of hydrogen-bond donors (Lipinski definition) is 1. The van der Waals surface area contributed by atoms with Gasteiger partial charge in [-0.25, -0.2) is 14.8 Å². The van der Waals surface area contributed by atoms with Gasteiger partial charge in [0.1, 0.15) is 24.5 Å². The van der Waals surface area contributed by atoms with E-state index in [1.165, 1.54) is 4.90 Å². The minimum atomic E-state index is -1.01. The predicted octanol–water partition coefficient (Wildman–Crippen LogP) is 4.94. The molecule has 4 aromatic rings. The fraction of sp³-hybridized carbons (Fsp3) is 0.214. The molecule has 1 aromatic heterocycles. The van der Waals surface area contributed by atoms with Crippen LogP contribution in [0.25, 0.3) is 38.9 Å². The lowest BCUT2D eigenvalue weighted by molar-refractivity contribution is 0.119. The van der Waals surface area contributed by atoms with Crippen molar-refractivity contribution >= 4 is 39.7 Å². The van der Waals surface area contributed by atoms with E-state index in [2.05, 4.69) is 58.5 Å². The molecule has 1 amide bonds. The normalized spacial score (nSPS) is 17.0. The Hall–Kier alpha value is -4.64. The number of carboxylic acid groups (broad SMARTS) is 1. The van der Waals surface area contributed by atoms with Gasteiger partial charge in [-0.1, -0.05) is 48.5 Å². The van der Waals surface area contributed by atoms with Crippen LogP contribution in [0.4, 0.5) is 10.6 Å². The molecule has 1 saturated heterocycles. The highest BCUT2D eigenvalue weighted by molar-refractivity contribution is 6.06. The molecule has 1 N–H and O–H groups in total. The zero-order valence-corrected chi connectivity index (χ0v) is 19.5. The molecule has 1 fully saturated rings. The zero-order chi connectivity index (χ0) is 24.6. The van der Waals surface area contributed by atoms with Gasteiger partial charge >= 0.3 is 6.09 Å². The van der Waals surface area contributed by atoms with Crippen LogP contribution in [0.3, 0.4) is 0 Å². The Morgan fingerprint density at radius 1 is 1.14 bits per heavy atom. The summed E-state index contributed by atoms with van der Waals surface area (Å²) in [6.07, 6.45) is 4.74. The van der Waals surface area contributed by atoms with Gasteiger partial charge in [0.2, 0.25) is 0 Å². The molecule has 0 spiro atoms. The average Bonchev–Trinajstić information content (AvgIpc) is 2.92. The number of amides is 1. The number of anilines is 1. The van der Waals surface area contributed by atoms with E-state index >= 15 is 0 Å².